The molecule has 0 saturated carbocycles. The van der Waals surface area contributed by atoms with Crippen LogP contribution in [0.4, 0.5) is 5.69 Å². The first kappa shape index (κ1) is 17.4. The van der Waals surface area contributed by atoms with Gasteiger partial charge in [0.05, 0.1) is 17.3 Å². The van der Waals surface area contributed by atoms with Crippen molar-refractivity contribution in [2.24, 2.45) is 0 Å². The number of carbonyl (C=O) groups excluding carboxylic acids is 1. The van der Waals surface area contributed by atoms with Crippen LogP contribution in [0.15, 0.2) is 36.5 Å². The monoisotopic (exact) mass is 353 g/mol. The van der Waals surface area contributed by atoms with Gasteiger partial charge in [-0.15, -0.1) is 0 Å². The molecule has 0 radical (unpaired) electrons. The summed E-state index contributed by atoms with van der Waals surface area (Å²) in [5, 5.41) is 6.58. The quantitative estimate of drug-likeness (QED) is 0.785. The molecule has 7 heteroatoms. The Morgan fingerprint density at radius 1 is 1.30 bits per heavy atom. The smallest absolute Gasteiger partial charge is 0.239 e. The average Bonchev–Trinajstić information content (AvgIpc) is 2.54. The van der Waals surface area contributed by atoms with E-state index in [2.05, 4.69) is 15.6 Å². The van der Waals surface area contributed by atoms with Gasteiger partial charge >= 0.3 is 0 Å². The molecule has 0 unspecified atom stereocenters. The minimum Gasteiger partial charge on any atom is -0.435 e. The van der Waals surface area contributed by atoms with E-state index in [4.69, 9.17) is 27.9 Å². The Morgan fingerprint density at radius 3 is 2.83 bits per heavy atom. The molecule has 5 nitrogen and oxygen atoms in total. The molecule has 0 atom stereocenters. The topological polar surface area (TPSA) is 63.2 Å². The van der Waals surface area contributed by atoms with E-state index >= 15 is 0 Å². The normalized spacial score (nSPS) is 10.2. The zero-order valence-electron chi connectivity index (χ0n) is 12.6. The minimum absolute atomic E-state index is 0.0793. The predicted octanol–water partition coefficient (Wildman–Crippen LogP) is 4.12. The lowest BCUT2D eigenvalue weighted by Gasteiger charge is -2.13. The average molecular weight is 354 g/mol. The first-order chi connectivity index (χ1) is 11.1. The van der Waals surface area contributed by atoms with Crippen LogP contribution in [0.5, 0.6) is 11.6 Å². The molecule has 0 aliphatic rings. The zero-order valence-corrected chi connectivity index (χ0v) is 14.1. The van der Waals surface area contributed by atoms with E-state index in [9.17, 15) is 4.79 Å². The molecule has 0 bridgehead atoms. The highest BCUT2D eigenvalue weighted by Crippen LogP contribution is 2.32. The fourth-order valence-electron chi connectivity index (χ4n) is 1.79. The van der Waals surface area contributed by atoms with Crippen molar-refractivity contribution in [1.82, 2.24) is 10.3 Å². The number of amides is 1. The van der Waals surface area contributed by atoms with E-state index in [1.54, 1.807) is 12.1 Å². The van der Waals surface area contributed by atoms with Crippen molar-refractivity contribution in [2.45, 2.75) is 13.3 Å². The number of anilines is 1. The SMILES string of the molecule is CCCNC(=O)CNc1ccccc1Oc1ncc(Cl)cc1Cl. The summed E-state index contributed by atoms with van der Waals surface area (Å²) in [7, 11) is 0. The first-order valence-corrected chi connectivity index (χ1v) is 7.94. The molecule has 0 aliphatic carbocycles. The summed E-state index contributed by atoms with van der Waals surface area (Å²) in [5.41, 5.74) is 0.673. The van der Waals surface area contributed by atoms with E-state index in [1.807, 2.05) is 25.1 Å². The number of rotatable bonds is 7. The first-order valence-electron chi connectivity index (χ1n) is 7.18. The van der Waals surface area contributed by atoms with Crippen LogP contribution in [0.25, 0.3) is 0 Å². The molecule has 122 valence electrons. The Kier molecular flexibility index (Phi) is 6.50. The van der Waals surface area contributed by atoms with Gasteiger partial charge < -0.3 is 15.4 Å². The van der Waals surface area contributed by atoms with Crippen LogP contribution in [0.2, 0.25) is 10.0 Å². The highest BCUT2D eigenvalue weighted by Gasteiger charge is 2.10. The van der Waals surface area contributed by atoms with Crippen molar-refractivity contribution in [3.63, 3.8) is 0 Å². The maximum atomic E-state index is 11.7. The van der Waals surface area contributed by atoms with Crippen molar-refractivity contribution in [3.05, 3.63) is 46.6 Å². The van der Waals surface area contributed by atoms with Crippen molar-refractivity contribution in [3.8, 4) is 11.6 Å². The van der Waals surface area contributed by atoms with Crippen LogP contribution in [-0.4, -0.2) is 24.0 Å². The maximum absolute atomic E-state index is 11.7. The van der Waals surface area contributed by atoms with Crippen LogP contribution >= 0.6 is 23.2 Å². The summed E-state index contributed by atoms with van der Waals surface area (Å²) in [4.78, 5) is 15.7. The molecule has 1 aromatic heterocycles. The highest BCUT2D eigenvalue weighted by molar-refractivity contribution is 6.35. The van der Waals surface area contributed by atoms with Crippen LogP contribution in [-0.2, 0) is 4.79 Å². The van der Waals surface area contributed by atoms with Gasteiger partial charge in [-0.3, -0.25) is 4.79 Å². The molecular weight excluding hydrogens is 337 g/mol. The number of hydrogen-bond acceptors (Lipinski definition) is 4. The molecule has 2 aromatic rings. The molecule has 0 aliphatic heterocycles. The van der Waals surface area contributed by atoms with Gasteiger partial charge in [0, 0.05) is 12.7 Å². The summed E-state index contributed by atoms with van der Waals surface area (Å²) in [6.45, 7) is 2.81. The Labute approximate surface area is 145 Å². The second-order valence-electron chi connectivity index (χ2n) is 4.74. The number of para-hydroxylation sites is 2. The Bertz CT molecular complexity index is 680. The number of aromatic nitrogens is 1. The molecule has 1 aromatic carbocycles. The third-order valence-corrected chi connectivity index (χ3v) is 3.36. The second-order valence-corrected chi connectivity index (χ2v) is 5.59. The predicted molar refractivity (Wildman–Crippen MR) is 92.6 cm³/mol. The Hall–Kier alpha value is -1.98. The number of carbonyl (C=O) groups is 1. The van der Waals surface area contributed by atoms with Crippen LogP contribution in [0.3, 0.4) is 0 Å². The van der Waals surface area contributed by atoms with Gasteiger partial charge in [-0.25, -0.2) is 4.98 Å². The summed E-state index contributed by atoms with van der Waals surface area (Å²) in [6, 6.07) is 8.79. The fourth-order valence-corrected chi connectivity index (χ4v) is 2.20. The molecule has 0 fully saturated rings. The number of nitrogens with zero attached hydrogens (tertiary/aromatic N) is 1. The van der Waals surface area contributed by atoms with Gasteiger partial charge in [-0.2, -0.15) is 0 Å². The Balaban J connectivity index is 2.06. The lowest BCUT2D eigenvalue weighted by atomic mass is 10.3. The Morgan fingerprint density at radius 2 is 2.09 bits per heavy atom. The molecule has 2 rings (SSSR count). The summed E-state index contributed by atoms with van der Waals surface area (Å²) in [5.74, 6) is 0.692. The van der Waals surface area contributed by atoms with Crippen LogP contribution < -0.4 is 15.4 Å². The van der Waals surface area contributed by atoms with E-state index in [0.717, 1.165) is 6.42 Å². The second kappa shape index (κ2) is 8.60. The number of ether oxygens (including phenoxy) is 1. The molecular formula is C16H17Cl2N3O2. The van der Waals surface area contributed by atoms with Crippen LogP contribution in [0, 0.1) is 0 Å². The summed E-state index contributed by atoms with van der Waals surface area (Å²) in [6.07, 6.45) is 2.35. The maximum Gasteiger partial charge on any atom is 0.239 e. The molecule has 0 spiro atoms. The third-order valence-electron chi connectivity index (χ3n) is 2.88. The lowest BCUT2D eigenvalue weighted by Crippen LogP contribution is -2.30. The number of halogens is 2. The van der Waals surface area contributed by atoms with E-state index in [1.165, 1.54) is 6.20 Å². The van der Waals surface area contributed by atoms with Crippen molar-refractivity contribution in [1.29, 1.82) is 0 Å². The van der Waals surface area contributed by atoms with E-state index in [-0.39, 0.29) is 18.3 Å². The largest absolute Gasteiger partial charge is 0.435 e. The van der Waals surface area contributed by atoms with Crippen molar-refractivity contribution in [2.75, 3.05) is 18.4 Å². The number of benzene rings is 1. The molecule has 23 heavy (non-hydrogen) atoms. The van der Waals surface area contributed by atoms with E-state index < -0.39 is 0 Å². The van der Waals surface area contributed by atoms with Gasteiger partial charge in [-0.05, 0) is 24.6 Å². The zero-order chi connectivity index (χ0) is 16.7. The fraction of sp³-hybridized carbons (Fsp3) is 0.250. The van der Waals surface area contributed by atoms with Gasteiger partial charge in [0.25, 0.3) is 0 Å². The lowest BCUT2D eigenvalue weighted by molar-refractivity contribution is -0.119. The van der Waals surface area contributed by atoms with E-state index in [0.29, 0.717) is 28.0 Å². The number of hydrogen-bond donors (Lipinski definition) is 2. The standard InChI is InChI=1S/C16H17Cl2N3O2/c1-2-7-19-15(22)10-20-13-5-3-4-6-14(13)23-16-12(18)8-11(17)9-21-16/h3-6,8-9,20H,2,7,10H2,1H3,(H,19,22). The minimum atomic E-state index is -0.0793. The summed E-state index contributed by atoms with van der Waals surface area (Å²) < 4.78 is 5.71. The van der Waals surface area contributed by atoms with Crippen molar-refractivity contribution >= 4 is 34.8 Å². The molecule has 1 heterocycles. The summed E-state index contributed by atoms with van der Waals surface area (Å²) >= 11 is 11.9. The highest BCUT2D eigenvalue weighted by atomic mass is 35.5. The number of nitrogens with one attached hydrogen (secondary N) is 2. The van der Waals surface area contributed by atoms with Gasteiger partial charge in [0.2, 0.25) is 11.8 Å². The van der Waals surface area contributed by atoms with Gasteiger partial charge in [0.1, 0.15) is 5.02 Å². The third kappa shape index (κ3) is 5.30. The molecule has 1 amide bonds. The van der Waals surface area contributed by atoms with Crippen LogP contribution in [0.1, 0.15) is 13.3 Å². The molecule has 2 N–H and O–H groups in total. The van der Waals surface area contributed by atoms with Gasteiger partial charge in [0.15, 0.2) is 5.75 Å². The van der Waals surface area contributed by atoms with Gasteiger partial charge in [-0.1, -0.05) is 42.3 Å². The van der Waals surface area contributed by atoms with Crippen molar-refractivity contribution < 1.29 is 9.53 Å². The number of pyridine rings is 1. The molecule has 0 saturated heterocycles.